The van der Waals surface area contributed by atoms with Crippen molar-refractivity contribution in [2.24, 2.45) is 0 Å². The minimum atomic E-state index is -4.42. The van der Waals surface area contributed by atoms with Gasteiger partial charge in [0.15, 0.2) is 25.8 Å². The number of aryl methyl sites for hydroxylation is 1. The molecule has 0 saturated heterocycles. The number of hydrogen-bond acceptors (Lipinski definition) is 2. The van der Waals surface area contributed by atoms with Crippen molar-refractivity contribution in [1.29, 1.82) is 0 Å². The van der Waals surface area contributed by atoms with Gasteiger partial charge in [-0.25, -0.2) is 13.2 Å². The van der Waals surface area contributed by atoms with Crippen molar-refractivity contribution in [1.82, 2.24) is 0 Å². The third-order valence-corrected chi connectivity index (χ3v) is 12.9. The van der Waals surface area contributed by atoms with Crippen molar-refractivity contribution in [3.63, 3.8) is 0 Å². The van der Waals surface area contributed by atoms with Crippen LogP contribution in [0.25, 0.3) is 11.1 Å². The predicted octanol–water partition coefficient (Wildman–Crippen LogP) is 10.7. The molecule has 1 unspecified atom stereocenters. The third-order valence-electron chi connectivity index (χ3n) is 8.17. The molecule has 0 aromatic heterocycles. The van der Waals surface area contributed by atoms with Crippen molar-refractivity contribution in [3.8, 4) is 11.1 Å². The maximum Gasteiger partial charge on any atom is 0.416 e. The van der Waals surface area contributed by atoms with Crippen LogP contribution in [-0.2, 0) is 19.0 Å². The number of hydrogen-bond donors (Lipinski definition) is 1. The number of benzene rings is 4. The summed E-state index contributed by atoms with van der Waals surface area (Å²) in [5.41, 5.74) is 3.94. The van der Waals surface area contributed by atoms with Crippen LogP contribution < -0.4 is 0 Å². The molecule has 0 spiro atoms. The van der Waals surface area contributed by atoms with Crippen LogP contribution in [0.2, 0.25) is 18.1 Å². The molecule has 4 aromatic rings. The van der Waals surface area contributed by atoms with E-state index >= 15 is 0 Å². The first kappa shape index (κ1) is 32.9. The fraction of sp³-hybridized carbons (Fsp3) is 0.294. The first-order valence-electron chi connectivity index (χ1n) is 13.8. The number of rotatable bonds is 9. The van der Waals surface area contributed by atoms with Crippen molar-refractivity contribution in [2.45, 2.75) is 68.1 Å². The second-order valence-electron chi connectivity index (χ2n) is 12.1. The monoisotopic (exact) mass is 632 g/mol. The van der Waals surface area contributed by atoms with Crippen LogP contribution in [0.5, 0.6) is 0 Å². The Morgan fingerprint density at radius 1 is 0.791 bits per heavy atom. The second kappa shape index (κ2) is 12.5. The minimum absolute atomic E-state index is 0.205. The molecule has 0 radical (unpaired) electrons. The highest BCUT2D eigenvalue weighted by Gasteiger charge is 2.38. The van der Waals surface area contributed by atoms with E-state index in [1.807, 2.05) is 44.3 Å². The van der Waals surface area contributed by atoms with Crippen LogP contribution in [0.4, 0.5) is 26.3 Å². The average Bonchev–Trinajstić information content (AvgIpc) is 2.92. The van der Waals surface area contributed by atoms with E-state index in [0.717, 1.165) is 57.8 Å². The zero-order valence-electron chi connectivity index (χ0n) is 24.6. The van der Waals surface area contributed by atoms with Crippen LogP contribution >= 0.6 is 11.8 Å². The fourth-order valence-corrected chi connectivity index (χ4v) is 6.62. The number of halogens is 6. The molecule has 0 aliphatic heterocycles. The molecule has 9 heteroatoms. The molecular weight excluding hydrogens is 599 g/mol. The molecule has 0 aliphatic rings. The molecule has 0 bridgehead atoms. The third kappa shape index (κ3) is 7.93. The average molecular weight is 633 g/mol. The lowest BCUT2D eigenvalue weighted by atomic mass is 9.98. The smallest absolute Gasteiger partial charge is 0.416 e. The highest BCUT2D eigenvalue weighted by molar-refractivity contribution is 7.99. The van der Waals surface area contributed by atoms with Crippen molar-refractivity contribution in [2.75, 3.05) is 0 Å². The Hall–Kier alpha value is -3.01. The van der Waals surface area contributed by atoms with E-state index in [4.69, 9.17) is 0 Å². The van der Waals surface area contributed by atoms with Crippen molar-refractivity contribution < 1.29 is 31.1 Å². The van der Waals surface area contributed by atoms with E-state index in [1.54, 1.807) is 12.1 Å². The summed E-state index contributed by atoms with van der Waals surface area (Å²) in [5, 5.41) is -0.545. The molecule has 1 nitrogen and oxygen atoms in total. The van der Waals surface area contributed by atoms with Crippen LogP contribution in [0.15, 0.2) is 83.8 Å². The largest absolute Gasteiger partial charge is 0.432 e. The summed E-state index contributed by atoms with van der Waals surface area (Å²) < 4.78 is 80.7. The topological polar surface area (TPSA) is 20.2 Å². The van der Waals surface area contributed by atoms with Crippen molar-refractivity contribution >= 4 is 20.1 Å². The van der Waals surface area contributed by atoms with Crippen LogP contribution in [0, 0.1) is 24.4 Å². The van der Waals surface area contributed by atoms with Gasteiger partial charge in [0.2, 0.25) is 0 Å². The predicted molar refractivity (Wildman–Crippen MR) is 164 cm³/mol. The summed E-state index contributed by atoms with van der Waals surface area (Å²) in [5.74, 6) is -4.03. The lowest BCUT2D eigenvalue weighted by Crippen LogP contribution is -2.40. The van der Waals surface area contributed by atoms with E-state index in [1.165, 1.54) is 23.9 Å². The van der Waals surface area contributed by atoms with Crippen molar-refractivity contribution in [3.05, 3.63) is 124 Å². The zero-order chi connectivity index (χ0) is 31.7. The Morgan fingerprint density at radius 3 is 1.81 bits per heavy atom. The molecule has 0 saturated carbocycles. The number of thioether (sulfide) groups is 1. The Bertz CT molecular complexity index is 1550. The Kier molecular flexibility index (Phi) is 9.59. The van der Waals surface area contributed by atoms with Crippen LogP contribution in [0.3, 0.4) is 0 Å². The minimum Gasteiger partial charge on any atom is -0.432 e. The summed E-state index contributed by atoms with van der Waals surface area (Å²) in [6, 6.07) is 20.3. The van der Waals surface area contributed by atoms with E-state index in [0.29, 0.717) is 11.1 Å². The molecular formula is C34H34F6OSSi. The Morgan fingerprint density at radius 2 is 1.33 bits per heavy atom. The van der Waals surface area contributed by atoms with Gasteiger partial charge in [0.05, 0.1) is 5.56 Å². The normalized spacial score (nSPS) is 13.3. The molecule has 0 heterocycles. The van der Waals surface area contributed by atoms with Gasteiger partial charge in [0, 0.05) is 10.1 Å². The van der Waals surface area contributed by atoms with Crippen LogP contribution in [-0.4, -0.2) is 13.1 Å². The van der Waals surface area contributed by atoms with Gasteiger partial charge in [0.1, 0.15) is 0 Å². The summed E-state index contributed by atoms with van der Waals surface area (Å²) in [6.45, 7) is 10.0. The molecule has 1 atom stereocenters. The highest BCUT2D eigenvalue weighted by atomic mass is 32.2. The van der Waals surface area contributed by atoms with Gasteiger partial charge in [-0.05, 0) is 108 Å². The first-order chi connectivity index (χ1) is 19.9. The SMILES string of the molecule is Cc1cc(SC(Cc2cc(F)c(F)c(F)c2)c2ccc(-c3ccc(C(F)(F)F)cc3)cc2)ccc1CC(C)(C)[Si](C)(C)O. The van der Waals surface area contributed by atoms with Gasteiger partial charge < -0.3 is 4.80 Å². The molecule has 1 N–H and O–H groups in total. The van der Waals surface area contributed by atoms with Gasteiger partial charge >= 0.3 is 6.18 Å². The van der Waals surface area contributed by atoms with Gasteiger partial charge in [-0.2, -0.15) is 13.2 Å². The van der Waals surface area contributed by atoms with Gasteiger partial charge in [0.25, 0.3) is 0 Å². The number of alkyl halides is 3. The maximum atomic E-state index is 14.1. The van der Waals surface area contributed by atoms with E-state index in [-0.39, 0.29) is 16.7 Å². The quantitative estimate of drug-likeness (QED) is 0.0858. The summed E-state index contributed by atoms with van der Waals surface area (Å²) >= 11 is 1.50. The van der Waals surface area contributed by atoms with E-state index < -0.39 is 37.5 Å². The van der Waals surface area contributed by atoms with E-state index in [2.05, 4.69) is 19.9 Å². The zero-order valence-corrected chi connectivity index (χ0v) is 26.4. The molecule has 0 fully saturated rings. The Balaban J connectivity index is 1.64. The molecule has 0 amide bonds. The second-order valence-corrected chi connectivity index (χ2v) is 17.8. The molecule has 228 valence electrons. The van der Waals surface area contributed by atoms with Gasteiger partial charge in [-0.1, -0.05) is 56.3 Å². The summed E-state index contributed by atoms with van der Waals surface area (Å²) in [4.78, 5) is 11.7. The van der Waals surface area contributed by atoms with Gasteiger partial charge in [-0.3, -0.25) is 0 Å². The molecule has 4 rings (SSSR count). The fourth-order valence-electron chi connectivity index (χ4n) is 4.71. The highest BCUT2D eigenvalue weighted by Crippen LogP contribution is 2.42. The van der Waals surface area contributed by atoms with Gasteiger partial charge in [-0.15, -0.1) is 11.8 Å². The molecule has 43 heavy (non-hydrogen) atoms. The molecule has 4 aromatic carbocycles. The Labute approximate surface area is 254 Å². The lowest BCUT2D eigenvalue weighted by molar-refractivity contribution is -0.137. The maximum absolute atomic E-state index is 14.1. The summed E-state index contributed by atoms with van der Waals surface area (Å²) in [6.07, 6.45) is -3.49. The lowest BCUT2D eigenvalue weighted by Gasteiger charge is -2.35. The summed E-state index contributed by atoms with van der Waals surface area (Å²) in [7, 11) is -2.41. The van der Waals surface area contributed by atoms with E-state index in [9.17, 15) is 31.1 Å². The standard InChI is InChI=1S/C34H34F6OSSi/c1-21-16-28(15-12-26(21)20-33(2,3)43(4,5)41)42-31(19-22-17-29(35)32(37)30(36)18-22)25-8-6-23(7-9-25)24-10-13-27(14-11-24)34(38,39)40/h6-18,31,41H,19-20H2,1-5H3. The molecule has 0 aliphatic carbocycles. The first-order valence-corrected chi connectivity index (χ1v) is 17.7. The van der Waals surface area contributed by atoms with Crippen LogP contribution in [0.1, 0.15) is 46.9 Å².